The molecule has 6 heteroatoms. The Hall–Kier alpha value is -1.95. The number of hydrogen-bond donors (Lipinski definition) is 0. The van der Waals surface area contributed by atoms with Gasteiger partial charge in [-0.05, 0) is 46.5 Å². The van der Waals surface area contributed by atoms with Crippen LogP contribution < -0.4 is 4.90 Å². The Bertz CT molecular complexity index is 1130. The van der Waals surface area contributed by atoms with Gasteiger partial charge in [-0.2, -0.15) is 0 Å². The molecule has 1 saturated heterocycles. The van der Waals surface area contributed by atoms with E-state index in [0.29, 0.717) is 10.7 Å². The fourth-order valence-electron chi connectivity index (χ4n) is 5.51. The summed E-state index contributed by atoms with van der Waals surface area (Å²) in [7, 11) is 0. The van der Waals surface area contributed by atoms with E-state index >= 15 is 0 Å². The fraction of sp³-hybridized carbons (Fsp3) is 0.167. The third-order valence-electron chi connectivity index (χ3n) is 6.67. The Balaban J connectivity index is 1.66. The normalized spacial score (nSPS) is 30.8. The van der Waals surface area contributed by atoms with E-state index in [1.807, 2.05) is 24.3 Å². The van der Waals surface area contributed by atoms with Crippen molar-refractivity contribution in [3.8, 4) is 0 Å². The first-order valence-corrected chi connectivity index (χ1v) is 11.6. The molecule has 1 heterocycles. The van der Waals surface area contributed by atoms with Gasteiger partial charge in [-0.15, -0.1) is 0 Å². The van der Waals surface area contributed by atoms with Crippen LogP contribution in [0.5, 0.6) is 0 Å². The molecule has 0 spiro atoms. The number of hydrogen-bond acceptors (Lipinski definition) is 2. The molecule has 0 aromatic heterocycles. The van der Waals surface area contributed by atoms with Crippen molar-refractivity contribution in [1.29, 1.82) is 0 Å². The minimum atomic E-state index is -0.770. The number of anilines is 1. The number of halogens is 3. The zero-order chi connectivity index (χ0) is 20.8. The molecule has 30 heavy (non-hydrogen) atoms. The van der Waals surface area contributed by atoms with Gasteiger partial charge in [-0.1, -0.05) is 92.0 Å². The zero-order valence-electron chi connectivity index (χ0n) is 15.5. The van der Waals surface area contributed by atoms with Crippen LogP contribution in [0.3, 0.4) is 0 Å². The van der Waals surface area contributed by atoms with E-state index in [2.05, 4.69) is 56.1 Å². The van der Waals surface area contributed by atoms with E-state index in [1.165, 1.54) is 4.90 Å². The smallest absolute Gasteiger partial charge is 0.239 e. The monoisotopic (exact) mass is 541 g/mol. The molecule has 3 nitrogen and oxygen atoms in total. The Morgan fingerprint density at radius 3 is 1.40 bits per heavy atom. The van der Waals surface area contributed by atoms with Crippen molar-refractivity contribution < 1.29 is 9.59 Å². The molecule has 2 unspecified atom stereocenters. The summed E-state index contributed by atoms with van der Waals surface area (Å²) in [6.07, 6.45) is 0. The Kier molecular flexibility index (Phi) is 3.79. The van der Waals surface area contributed by atoms with Crippen LogP contribution >= 0.6 is 43.5 Å². The SMILES string of the molecule is O=C1C2C(C(=O)N1c1ccc(Cl)cc1)C1(Br)c3ccccc3C2(Br)c2ccccc21. The van der Waals surface area contributed by atoms with Crippen LogP contribution in [0.2, 0.25) is 5.02 Å². The second kappa shape index (κ2) is 6.06. The van der Waals surface area contributed by atoms with E-state index in [0.717, 1.165) is 22.3 Å². The highest BCUT2D eigenvalue weighted by Gasteiger charge is 2.72. The van der Waals surface area contributed by atoms with Crippen LogP contribution in [0, 0.1) is 11.8 Å². The Morgan fingerprint density at radius 1 is 0.667 bits per heavy atom. The van der Waals surface area contributed by atoms with Gasteiger partial charge in [0.05, 0.1) is 26.2 Å². The van der Waals surface area contributed by atoms with Crippen molar-refractivity contribution in [2.75, 3.05) is 4.90 Å². The molecular weight excluding hydrogens is 530 g/mol. The zero-order valence-corrected chi connectivity index (χ0v) is 19.4. The van der Waals surface area contributed by atoms with E-state index in [9.17, 15) is 9.59 Å². The predicted molar refractivity (Wildman–Crippen MR) is 123 cm³/mol. The highest BCUT2D eigenvalue weighted by atomic mass is 79.9. The molecule has 2 amide bonds. The van der Waals surface area contributed by atoms with Gasteiger partial charge in [-0.3, -0.25) is 9.59 Å². The topological polar surface area (TPSA) is 37.4 Å². The van der Waals surface area contributed by atoms with Crippen LogP contribution in [0.4, 0.5) is 5.69 Å². The second-order valence-corrected chi connectivity index (χ2v) is 10.9. The summed E-state index contributed by atoms with van der Waals surface area (Å²) in [6.45, 7) is 0. The van der Waals surface area contributed by atoms with Crippen molar-refractivity contribution in [3.05, 3.63) is 100 Å². The lowest BCUT2D eigenvalue weighted by atomic mass is 9.54. The highest BCUT2D eigenvalue weighted by Crippen LogP contribution is 2.70. The van der Waals surface area contributed by atoms with Crippen LogP contribution in [0.25, 0.3) is 0 Å². The largest absolute Gasteiger partial charge is 0.274 e. The Labute approximate surface area is 195 Å². The summed E-state index contributed by atoms with van der Waals surface area (Å²) < 4.78 is -1.54. The predicted octanol–water partition coefficient (Wildman–Crippen LogP) is 5.75. The molecule has 0 saturated carbocycles. The molecular formula is C24H14Br2ClNO2. The minimum absolute atomic E-state index is 0.197. The van der Waals surface area contributed by atoms with Crippen molar-refractivity contribution >= 4 is 61.0 Å². The molecule has 1 aliphatic heterocycles. The molecule has 0 radical (unpaired) electrons. The number of benzene rings is 3. The average molecular weight is 544 g/mol. The summed E-state index contributed by atoms with van der Waals surface area (Å²) in [5.74, 6) is -1.52. The fourth-order valence-corrected chi connectivity index (χ4v) is 7.94. The second-order valence-electron chi connectivity index (χ2n) is 7.96. The maximum Gasteiger partial charge on any atom is 0.239 e. The molecule has 2 atom stereocenters. The van der Waals surface area contributed by atoms with Gasteiger partial charge in [0.15, 0.2) is 0 Å². The third kappa shape index (κ3) is 2.02. The van der Waals surface area contributed by atoms with Crippen LogP contribution in [-0.2, 0) is 18.2 Å². The van der Waals surface area contributed by atoms with E-state index in [-0.39, 0.29) is 11.8 Å². The number of imide groups is 1. The first kappa shape index (κ1) is 18.8. The van der Waals surface area contributed by atoms with E-state index < -0.39 is 20.5 Å². The van der Waals surface area contributed by atoms with Crippen molar-refractivity contribution in [1.82, 2.24) is 0 Å². The first-order chi connectivity index (χ1) is 14.4. The number of carbonyl (C=O) groups is 2. The lowest BCUT2D eigenvalue weighted by molar-refractivity contribution is -0.122. The van der Waals surface area contributed by atoms with Crippen LogP contribution in [0.1, 0.15) is 22.3 Å². The highest BCUT2D eigenvalue weighted by molar-refractivity contribution is 9.10. The summed E-state index contributed by atoms with van der Waals surface area (Å²) in [6, 6.07) is 23.0. The third-order valence-corrected chi connectivity index (χ3v) is 9.62. The number of rotatable bonds is 1. The van der Waals surface area contributed by atoms with Gasteiger partial charge >= 0.3 is 0 Å². The van der Waals surface area contributed by atoms with Crippen molar-refractivity contribution in [2.45, 2.75) is 8.65 Å². The number of carbonyl (C=O) groups excluding carboxylic acids is 2. The van der Waals surface area contributed by atoms with Gasteiger partial charge in [-0.25, -0.2) is 4.90 Å². The standard InChI is InChI=1S/C24H14Br2ClNO2/c25-23-15-5-1-2-6-16(15)24(26,18-8-4-3-7-17(18)23)20-19(23)21(29)28(22(20)30)14-11-9-13(27)10-12-14/h1-12,19-20H. The lowest BCUT2D eigenvalue weighted by Gasteiger charge is -2.55. The van der Waals surface area contributed by atoms with Gasteiger partial charge in [0.2, 0.25) is 11.8 Å². The molecule has 148 valence electrons. The average Bonchev–Trinajstić information content (AvgIpc) is 3.04. The van der Waals surface area contributed by atoms with Crippen molar-refractivity contribution in [2.24, 2.45) is 11.8 Å². The molecule has 4 aliphatic rings. The molecule has 0 N–H and O–H groups in total. The molecule has 1 fully saturated rings. The molecule has 2 bridgehead atoms. The van der Waals surface area contributed by atoms with Gasteiger partial charge in [0.1, 0.15) is 0 Å². The molecule has 3 aliphatic carbocycles. The van der Waals surface area contributed by atoms with E-state index in [4.69, 9.17) is 11.6 Å². The summed E-state index contributed by atoms with van der Waals surface area (Å²) in [4.78, 5) is 29.0. The first-order valence-electron chi connectivity index (χ1n) is 9.61. The number of alkyl halides is 2. The quantitative estimate of drug-likeness (QED) is 0.290. The van der Waals surface area contributed by atoms with Gasteiger partial charge < -0.3 is 0 Å². The molecule has 7 rings (SSSR count). The molecule has 3 aromatic carbocycles. The summed E-state index contributed by atoms with van der Waals surface area (Å²) >= 11 is 14.0. The van der Waals surface area contributed by atoms with Crippen LogP contribution in [0.15, 0.2) is 72.8 Å². The minimum Gasteiger partial charge on any atom is -0.274 e. The summed E-state index contributed by atoms with van der Waals surface area (Å²) in [5, 5.41) is 0.559. The van der Waals surface area contributed by atoms with Gasteiger partial charge in [0.25, 0.3) is 0 Å². The van der Waals surface area contributed by atoms with Crippen molar-refractivity contribution in [3.63, 3.8) is 0 Å². The number of amides is 2. The number of nitrogens with zero attached hydrogens (tertiary/aromatic N) is 1. The maximum absolute atomic E-state index is 13.8. The summed E-state index contributed by atoms with van der Waals surface area (Å²) in [5.41, 5.74) is 4.66. The molecule has 3 aromatic rings. The Morgan fingerprint density at radius 2 is 1.03 bits per heavy atom. The van der Waals surface area contributed by atoms with Gasteiger partial charge in [0, 0.05) is 5.02 Å². The van der Waals surface area contributed by atoms with E-state index in [1.54, 1.807) is 24.3 Å². The van der Waals surface area contributed by atoms with Crippen LogP contribution in [-0.4, -0.2) is 11.8 Å². The maximum atomic E-state index is 13.8. The lowest BCUT2D eigenvalue weighted by Crippen LogP contribution is -2.56.